The van der Waals surface area contributed by atoms with Crippen LogP contribution in [0, 0.1) is 0 Å². The molecule has 0 amide bonds. The van der Waals surface area contributed by atoms with Crippen LogP contribution in [-0.2, 0) is 0 Å². The van der Waals surface area contributed by atoms with E-state index in [2.05, 4.69) is 203 Å². The zero-order valence-electron chi connectivity index (χ0n) is 27.4. The summed E-state index contributed by atoms with van der Waals surface area (Å²) in [7, 11) is 0. The molecular formula is C48H32N2. The lowest BCUT2D eigenvalue weighted by Crippen LogP contribution is -1.98. The summed E-state index contributed by atoms with van der Waals surface area (Å²) in [6.07, 6.45) is 0. The second kappa shape index (κ2) is 11.5. The van der Waals surface area contributed by atoms with Crippen molar-refractivity contribution in [2.24, 2.45) is 0 Å². The van der Waals surface area contributed by atoms with Crippen LogP contribution in [0.4, 0.5) is 0 Å². The fraction of sp³-hybridized carbons (Fsp3) is 0. The minimum absolute atomic E-state index is 1.16. The van der Waals surface area contributed by atoms with Gasteiger partial charge in [-0.3, -0.25) is 0 Å². The van der Waals surface area contributed by atoms with Crippen LogP contribution in [0.2, 0.25) is 0 Å². The van der Waals surface area contributed by atoms with Crippen molar-refractivity contribution >= 4 is 43.6 Å². The van der Waals surface area contributed by atoms with Crippen LogP contribution in [0.15, 0.2) is 194 Å². The molecule has 0 aliphatic carbocycles. The molecule has 2 heteroatoms. The van der Waals surface area contributed by atoms with E-state index >= 15 is 0 Å². The molecule has 0 fully saturated rings. The van der Waals surface area contributed by atoms with E-state index < -0.39 is 0 Å². The van der Waals surface area contributed by atoms with Crippen LogP contribution >= 0.6 is 0 Å². The molecule has 0 bridgehead atoms. The van der Waals surface area contributed by atoms with E-state index in [1.807, 2.05) is 0 Å². The molecule has 0 aliphatic rings. The molecule has 2 aromatic heterocycles. The number of nitrogens with zero attached hydrogens (tertiary/aromatic N) is 2. The Hall–Kier alpha value is -6.64. The molecule has 0 aliphatic heterocycles. The number of hydrogen-bond acceptors (Lipinski definition) is 0. The molecule has 0 saturated heterocycles. The summed E-state index contributed by atoms with van der Waals surface area (Å²) in [5.74, 6) is 0. The van der Waals surface area contributed by atoms with Crippen molar-refractivity contribution in [3.05, 3.63) is 194 Å². The summed E-state index contributed by atoms with van der Waals surface area (Å²) in [4.78, 5) is 0. The lowest BCUT2D eigenvalue weighted by Gasteiger charge is -2.16. The van der Waals surface area contributed by atoms with Crippen LogP contribution < -0.4 is 0 Å². The standard InChI is InChI=1S/C48H32N2/c1-4-15-33(16-5-1)35-27-29-46(42(31-35)34-17-6-2-7-18-34)50-45-26-13-11-22-40(45)43-32-36(28-30-47(43)50)38-23-14-24-41-39-21-10-12-25-44(39)49(48(38)41)37-19-8-3-9-20-37/h1-32H. The summed E-state index contributed by atoms with van der Waals surface area (Å²) in [6, 6.07) is 70.4. The van der Waals surface area contributed by atoms with Crippen molar-refractivity contribution in [1.29, 1.82) is 0 Å². The van der Waals surface area contributed by atoms with E-state index in [9.17, 15) is 0 Å². The Morgan fingerprint density at radius 1 is 0.280 bits per heavy atom. The minimum atomic E-state index is 1.16. The van der Waals surface area contributed by atoms with Crippen LogP contribution in [0.3, 0.4) is 0 Å². The predicted molar refractivity (Wildman–Crippen MR) is 211 cm³/mol. The zero-order valence-corrected chi connectivity index (χ0v) is 27.4. The molecule has 0 N–H and O–H groups in total. The van der Waals surface area contributed by atoms with Crippen LogP contribution in [-0.4, -0.2) is 9.13 Å². The molecule has 8 aromatic carbocycles. The summed E-state index contributed by atoms with van der Waals surface area (Å²) < 4.78 is 4.88. The third-order valence-corrected chi connectivity index (χ3v) is 10.1. The number of fused-ring (bicyclic) bond motifs is 6. The maximum atomic E-state index is 2.45. The van der Waals surface area contributed by atoms with Crippen LogP contribution in [0.25, 0.3) is 88.4 Å². The first-order valence-electron chi connectivity index (χ1n) is 17.2. The molecule has 10 aromatic rings. The van der Waals surface area contributed by atoms with Gasteiger partial charge in [0.2, 0.25) is 0 Å². The lowest BCUT2D eigenvalue weighted by molar-refractivity contribution is 1.18. The van der Waals surface area contributed by atoms with Crippen molar-refractivity contribution in [3.63, 3.8) is 0 Å². The smallest absolute Gasteiger partial charge is 0.0619 e. The third-order valence-electron chi connectivity index (χ3n) is 10.1. The molecule has 2 nitrogen and oxygen atoms in total. The van der Waals surface area contributed by atoms with Gasteiger partial charge in [0.25, 0.3) is 0 Å². The second-order valence-electron chi connectivity index (χ2n) is 12.9. The molecule has 0 saturated carbocycles. The molecular weight excluding hydrogens is 605 g/mol. The average Bonchev–Trinajstić information content (AvgIpc) is 3.71. The van der Waals surface area contributed by atoms with E-state index in [0.717, 1.165) is 5.69 Å². The Balaban J connectivity index is 1.23. The first-order valence-corrected chi connectivity index (χ1v) is 17.2. The second-order valence-corrected chi connectivity index (χ2v) is 12.9. The van der Waals surface area contributed by atoms with E-state index in [1.54, 1.807) is 0 Å². The van der Waals surface area contributed by atoms with E-state index in [0.29, 0.717) is 0 Å². The molecule has 2 heterocycles. The summed E-state index contributed by atoms with van der Waals surface area (Å²) in [5, 5.41) is 5.00. The van der Waals surface area contributed by atoms with E-state index in [4.69, 9.17) is 0 Å². The topological polar surface area (TPSA) is 9.86 Å². The number of benzene rings is 8. The van der Waals surface area contributed by atoms with Crippen molar-refractivity contribution in [1.82, 2.24) is 9.13 Å². The van der Waals surface area contributed by atoms with Gasteiger partial charge in [-0.1, -0.05) is 146 Å². The van der Waals surface area contributed by atoms with Gasteiger partial charge in [-0.25, -0.2) is 0 Å². The van der Waals surface area contributed by atoms with Crippen molar-refractivity contribution < 1.29 is 0 Å². The van der Waals surface area contributed by atoms with Gasteiger partial charge in [0, 0.05) is 38.4 Å². The maximum absolute atomic E-state index is 2.45. The number of aromatic nitrogens is 2. The zero-order chi connectivity index (χ0) is 33.0. The molecule has 0 radical (unpaired) electrons. The van der Waals surface area contributed by atoms with Gasteiger partial charge in [0.05, 0.1) is 27.8 Å². The molecule has 10 rings (SSSR count). The Morgan fingerprint density at radius 2 is 0.840 bits per heavy atom. The van der Waals surface area contributed by atoms with Gasteiger partial charge in [-0.05, 0) is 70.8 Å². The SMILES string of the molecule is c1ccc(-c2ccc(-n3c4ccccc4c4cc(-c5cccc6c7ccccc7n(-c7ccccc7)c56)ccc43)c(-c3ccccc3)c2)cc1. The molecule has 0 atom stereocenters. The van der Waals surface area contributed by atoms with Gasteiger partial charge in [0.15, 0.2) is 0 Å². The Bertz CT molecular complexity index is 2840. The Morgan fingerprint density at radius 3 is 1.58 bits per heavy atom. The van der Waals surface area contributed by atoms with Crippen molar-refractivity contribution in [3.8, 4) is 44.8 Å². The fourth-order valence-corrected chi connectivity index (χ4v) is 7.89. The number of hydrogen-bond donors (Lipinski definition) is 0. The summed E-state index contributed by atoms with van der Waals surface area (Å²) in [5.41, 5.74) is 14.4. The van der Waals surface area contributed by atoms with E-state index in [1.165, 1.54) is 82.7 Å². The van der Waals surface area contributed by atoms with E-state index in [-0.39, 0.29) is 0 Å². The van der Waals surface area contributed by atoms with Crippen LogP contribution in [0.1, 0.15) is 0 Å². The normalized spacial score (nSPS) is 11.6. The highest BCUT2D eigenvalue weighted by Gasteiger charge is 2.20. The van der Waals surface area contributed by atoms with Crippen molar-refractivity contribution in [2.45, 2.75) is 0 Å². The highest BCUT2D eigenvalue weighted by molar-refractivity contribution is 6.16. The first kappa shape index (κ1) is 28.4. The largest absolute Gasteiger partial charge is 0.309 e. The van der Waals surface area contributed by atoms with Gasteiger partial charge in [-0.2, -0.15) is 0 Å². The highest BCUT2D eigenvalue weighted by atomic mass is 15.0. The summed E-state index contributed by atoms with van der Waals surface area (Å²) in [6.45, 7) is 0. The summed E-state index contributed by atoms with van der Waals surface area (Å²) >= 11 is 0. The molecule has 0 unspecified atom stereocenters. The Labute approximate surface area is 290 Å². The molecule has 0 spiro atoms. The highest BCUT2D eigenvalue weighted by Crippen LogP contribution is 2.42. The van der Waals surface area contributed by atoms with Gasteiger partial charge >= 0.3 is 0 Å². The van der Waals surface area contributed by atoms with Gasteiger partial charge in [-0.15, -0.1) is 0 Å². The molecule has 50 heavy (non-hydrogen) atoms. The maximum Gasteiger partial charge on any atom is 0.0619 e. The van der Waals surface area contributed by atoms with Gasteiger partial charge < -0.3 is 9.13 Å². The first-order chi connectivity index (χ1) is 24.8. The van der Waals surface area contributed by atoms with Crippen molar-refractivity contribution in [2.75, 3.05) is 0 Å². The number of rotatable bonds is 5. The van der Waals surface area contributed by atoms with Crippen LogP contribution in [0.5, 0.6) is 0 Å². The quantitative estimate of drug-likeness (QED) is 0.178. The monoisotopic (exact) mass is 636 g/mol. The Kier molecular flexibility index (Phi) is 6.53. The fourth-order valence-electron chi connectivity index (χ4n) is 7.89. The minimum Gasteiger partial charge on any atom is -0.309 e. The lowest BCUT2D eigenvalue weighted by atomic mass is 9.97. The number of para-hydroxylation sites is 4. The predicted octanol–water partition coefficient (Wildman–Crippen LogP) is 12.9. The average molecular weight is 637 g/mol. The molecule has 234 valence electrons. The third kappa shape index (κ3) is 4.43. The van der Waals surface area contributed by atoms with Gasteiger partial charge in [0.1, 0.15) is 0 Å².